The summed E-state index contributed by atoms with van der Waals surface area (Å²) in [5, 5.41) is 35.1. The van der Waals surface area contributed by atoms with Crippen LogP contribution in [0.25, 0.3) is 27.8 Å². The number of rotatable bonds is 6. The number of nitrogens with zero attached hydrogens (tertiary/aromatic N) is 7. The molecule has 2 heterocycles. The Morgan fingerprint density at radius 3 is 2.69 bits per heavy atom. The lowest BCUT2D eigenvalue weighted by atomic mass is 10.0. The van der Waals surface area contributed by atoms with Crippen LogP contribution in [0.1, 0.15) is 23.0 Å². The van der Waals surface area contributed by atoms with Crippen LogP contribution in [0.2, 0.25) is 0 Å². The average Bonchev–Trinajstić information content (AvgIpc) is 3.50. The van der Waals surface area contributed by atoms with Gasteiger partial charge in [0.2, 0.25) is 11.6 Å². The Kier molecular flexibility index (Phi) is 5.82. The van der Waals surface area contributed by atoms with E-state index in [4.69, 9.17) is 15.1 Å². The summed E-state index contributed by atoms with van der Waals surface area (Å²) >= 11 is 0. The summed E-state index contributed by atoms with van der Waals surface area (Å²) in [6.45, 7) is 4.10. The van der Waals surface area contributed by atoms with Gasteiger partial charge < -0.3 is 15.6 Å². The number of anilines is 1. The number of benzene rings is 3. The Morgan fingerprint density at radius 1 is 1.14 bits per heavy atom. The van der Waals surface area contributed by atoms with Crippen molar-refractivity contribution in [2.24, 2.45) is 10.2 Å². The molecule has 0 atom stereocenters. The summed E-state index contributed by atoms with van der Waals surface area (Å²) in [6, 6.07) is 15.8. The molecule has 180 valence electrons. The molecule has 2 aromatic heterocycles. The minimum absolute atomic E-state index is 0.0334. The number of aromatic nitrogens is 5. The molecule has 5 rings (SSSR count). The summed E-state index contributed by atoms with van der Waals surface area (Å²) in [5.41, 5.74) is 7.70. The van der Waals surface area contributed by atoms with Crippen LogP contribution in [-0.4, -0.2) is 42.9 Å². The quantitative estimate of drug-likeness (QED) is 0.332. The second-order valence-corrected chi connectivity index (χ2v) is 7.74. The van der Waals surface area contributed by atoms with Crippen LogP contribution in [0.5, 0.6) is 11.5 Å². The Balaban J connectivity index is 1.62. The van der Waals surface area contributed by atoms with Crippen molar-refractivity contribution in [1.29, 1.82) is 0 Å². The highest BCUT2D eigenvalue weighted by Gasteiger charge is 2.26. The molecule has 0 unspecified atom stereocenters. The third-order valence-corrected chi connectivity index (χ3v) is 5.41. The summed E-state index contributed by atoms with van der Waals surface area (Å²) < 4.78 is 11.6. The van der Waals surface area contributed by atoms with Crippen LogP contribution in [0.15, 0.2) is 69.5 Å². The highest BCUT2D eigenvalue weighted by atomic mass is 16.6. The highest BCUT2D eigenvalue weighted by Crippen LogP contribution is 2.36. The predicted molar refractivity (Wildman–Crippen MR) is 129 cm³/mol. The number of aromatic hydroxyl groups is 1. The molecule has 0 saturated carbocycles. The molecular formula is C24H20N8O4. The predicted octanol–water partition coefficient (Wildman–Crippen LogP) is 4.39. The van der Waals surface area contributed by atoms with Gasteiger partial charge in [0.15, 0.2) is 5.69 Å². The molecule has 0 fully saturated rings. The van der Waals surface area contributed by atoms with Gasteiger partial charge in [0, 0.05) is 16.3 Å². The number of amides is 1. The van der Waals surface area contributed by atoms with E-state index >= 15 is 0 Å². The Bertz CT molecular complexity index is 1620. The largest absolute Gasteiger partial charge is 0.507 e. The number of nitrogen functional groups attached to an aromatic ring is 1. The molecule has 0 aliphatic heterocycles. The number of azo groups is 1. The lowest BCUT2D eigenvalue weighted by molar-refractivity contribution is 0.0991. The van der Waals surface area contributed by atoms with Gasteiger partial charge in [-0.05, 0) is 47.9 Å². The number of hydrogen-bond acceptors (Lipinski definition) is 10. The van der Waals surface area contributed by atoms with Gasteiger partial charge in [0.1, 0.15) is 17.2 Å². The Labute approximate surface area is 204 Å². The molecule has 12 heteroatoms. The molecule has 0 aliphatic rings. The summed E-state index contributed by atoms with van der Waals surface area (Å²) in [7, 11) is 0. The van der Waals surface area contributed by atoms with E-state index in [-0.39, 0.29) is 28.8 Å². The van der Waals surface area contributed by atoms with Gasteiger partial charge in [-0.1, -0.05) is 41.6 Å². The number of hydrogen-bond donors (Lipinski definition) is 2. The van der Waals surface area contributed by atoms with Crippen molar-refractivity contribution in [2.45, 2.75) is 13.8 Å². The third kappa shape index (κ3) is 4.00. The van der Waals surface area contributed by atoms with Gasteiger partial charge in [-0.3, -0.25) is 4.79 Å². The molecule has 0 saturated heterocycles. The van der Waals surface area contributed by atoms with E-state index in [9.17, 15) is 9.90 Å². The number of phenols is 1. The zero-order chi connectivity index (χ0) is 25.2. The van der Waals surface area contributed by atoms with Crippen molar-refractivity contribution < 1.29 is 19.3 Å². The van der Waals surface area contributed by atoms with Crippen molar-refractivity contribution >= 4 is 28.2 Å². The third-order valence-electron chi connectivity index (χ3n) is 5.41. The van der Waals surface area contributed by atoms with Gasteiger partial charge in [-0.2, -0.15) is 4.68 Å². The van der Waals surface area contributed by atoms with E-state index in [1.54, 1.807) is 55.5 Å². The Hall–Kier alpha value is -5.13. The zero-order valence-corrected chi connectivity index (χ0v) is 19.3. The summed E-state index contributed by atoms with van der Waals surface area (Å²) in [5.74, 6) is -0.0129. The highest BCUT2D eigenvalue weighted by molar-refractivity contribution is 6.00. The van der Waals surface area contributed by atoms with E-state index in [1.807, 2.05) is 13.0 Å². The molecule has 3 N–H and O–H groups in total. The van der Waals surface area contributed by atoms with E-state index < -0.39 is 5.91 Å². The minimum Gasteiger partial charge on any atom is -0.507 e. The number of aryl methyl sites for hydroxylation is 1. The number of ether oxygens (including phenoxy) is 1. The number of carbonyl (C=O) groups is 1. The lowest BCUT2D eigenvalue weighted by Gasteiger charge is -2.08. The molecule has 0 spiro atoms. The van der Waals surface area contributed by atoms with Gasteiger partial charge in [0.25, 0.3) is 0 Å². The van der Waals surface area contributed by atoms with Gasteiger partial charge in [-0.15, -0.1) is 15.3 Å². The molecule has 36 heavy (non-hydrogen) atoms. The fourth-order valence-electron chi connectivity index (χ4n) is 3.82. The maximum absolute atomic E-state index is 13.3. The molecule has 0 aliphatic carbocycles. The van der Waals surface area contributed by atoms with Crippen molar-refractivity contribution in [3.63, 3.8) is 0 Å². The van der Waals surface area contributed by atoms with Crippen molar-refractivity contribution in [3.05, 3.63) is 65.9 Å². The molecule has 1 amide bonds. The van der Waals surface area contributed by atoms with Gasteiger partial charge in [-0.25, -0.2) is 4.63 Å². The molecule has 5 aromatic rings. The second kappa shape index (κ2) is 9.25. The average molecular weight is 484 g/mol. The normalized spacial score (nSPS) is 11.4. The van der Waals surface area contributed by atoms with Crippen LogP contribution in [0, 0.1) is 6.92 Å². The summed E-state index contributed by atoms with van der Waals surface area (Å²) in [4.78, 5) is 13.3. The number of fused-ring (bicyclic) bond motifs is 1. The Morgan fingerprint density at radius 2 is 1.94 bits per heavy atom. The van der Waals surface area contributed by atoms with Crippen LogP contribution in [0.4, 0.5) is 11.5 Å². The topological polar surface area (TPSA) is 167 Å². The van der Waals surface area contributed by atoms with Crippen molar-refractivity contribution in [1.82, 2.24) is 25.3 Å². The lowest BCUT2D eigenvalue weighted by Crippen LogP contribution is -2.05. The van der Waals surface area contributed by atoms with Gasteiger partial charge >= 0.3 is 5.91 Å². The first-order chi connectivity index (χ1) is 17.5. The standard InChI is InChI=1S/C24H20N8O4/c1-3-35-15-8-6-7-14(12-15)21-20(27-31-32(21)23-22(25)29-36-30-23)24(34)28-26-19-13(2)11-18(33)16-9-4-5-10-17(16)19/h4-12,33H,3H2,1-2H3,(H2,25,29). The minimum atomic E-state index is -0.746. The van der Waals surface area contributed by atoms with E-state index in [0.717, 1.165) is 0 Å². The number of nitrogens with two attached hydrogens (primary N) is 1. The first-order valence-corrected chi connectivity index (χ1v) is 10.9. The first kappa shape index (κ1) is 22.7. The molecule has 12 nitrogen and oxygen atoms in total. The second-order valence-electron chi connectivity index (χ2n) is 7.74. The molecule has 0 radical (unpaired) electrons. The SMILES string of the molecule is CCOc1cccc(-c2c(C(=O)N=Nc3c(C)cc(O)c4ccccc34)nnn2-c2nonc2N)c1. The number of carbonyl (C=O) groups excluding carboxylic acids is 1. The zero-order valence-electron chi connectivity index (χ0n) is 19.3. The van der Waals surface area contributed by atoms with Crippen molar-refractivity contribution in [2.75, 3.05) is 12.3 Å². The fourth-order valence-corrected chi connectivity index (χ4v) is 3.82. The van der Waals surface area contributed by atoms with Crippen LogP contribution < -0.4 is 10.5 Å². The van der Waals surface area contributed by atoms with Crippen LogP contribution in [0.3, 0.4) is 0 Å². The van der Waals surface area contributed by atoms with Crippen LogP contribution >= 0.6 is 0 Å². The summed E-state index contributed by atoms with van der Waals surface area (Å²) in [6.07, 6.45) is 0. The number of phenolic OH excluding ortho intramolecular Hbond substituents is 1. The van der Waals surface area contributed by atoms with Gasteiger partial charge in [0.05, 0.1) is 12.3 Å². The van der Waals surface area contributed by atoms with E-state index in [1.165, 1.54) is 4.68 Å². The van der Waals surface area contributed by atoms with E-state index in [0.29, 0.717) is 39.9 Å². The smallest absolute Gasteiger partial charge is 0.318 e. The fraction of sp³-hybridized carbons (Fsp3) is 0.125. The first-order valence-electron chi connectivity index (χ1n) is 10.9. The molecular weight excluding hydrogens is 464 g/mol. The van der Waals surface area contributed by atoms with Crippen LogP contribution in [-0.2, 0) is 0 Å². The van der Waals surface area contributed by atoms with Crippen molar-refractivity contribution in [3.8, 4) is 28.6 Å². The molecule has 3 aromatic carbocycles. The monoisotopic (exact) mass is 484 g/mol. The molecule has 0 bridgehead atoms. The maximum atomic E-state index is 13.3. The maximum Gasteiger partial charge on any atom is 0.318 e. The van der Waals surface area contributed by atoms with E-state index in [2.05, 4.69) is 30.9 Å².